The van der Waals surface area contributed by atoms with Crippen molar-refractivity contribution in [2.45, 2.75) is 38.6 Å². The predicted molar refractivity (Wildman–Crippen MR) is 67.3 cm³/mol. The Kier molecular flexibility index (Phi) is 3.89. The summed E-state index contributed by atoms with van der Waals surface area (Å²) in [4.78, 5) is 26.7. The van der Waals surface area contributed by atoms with Crippen molar-refractivity contribution in [2.24, 2.45) is 0 Å². The van der Waals surface area contributed by atoms with Gasteiger partial charge in [-0.25, -0.2) is 4.79 Å². The van der Waals surface area contributed by atoms with Gasteiger partial charge in [0.1, 0.15) is 0 Å². The molecule has 0 bridgehead atoms. The van der Waals surface area contributed by atoms with Crippen LogP contribution in [0.3, 0.4) is 0 Å². The normalized spacial score (nSPS) is 24.1. The summed E-state index contributed by atoms with van der Waals surface area (Å²) in [6.07, 6.45) is 4.83. The molecular formula is C13H20N2O3. The third kappa shape index (κ3) is 2.83. The summed E-state index contributed by atoms with van der Waals surface area (Å²) in [6, 6.07) is -0.118. The number of urea groups is 1. The molecule has 2 heterocycles. The van der Waals surface area contributed by atoms with Crippen molar-refractivity contribution in [1.29, 1.82) is 0 Å². The average molecular weight is 252 g/mol. The summed E-state index contributed by atoms with van der Waals surface area (Å²) in [5.74, 6) is -0.825. The Hall–Kier alpha value is -1.52. The van der Waals surface area contributed by atoms with Crippen molar-refractivity contribution in [2.75, 3.05) is 19.6 Å². The molecule has 1 unspecified atom stereocenters. The molecule has 18 heavy (non-hydrogen) atoms. The van der Waals surface area contributed by atoms with Crippen molar-refractivity contribution in [3.05, 3.63) is 11.6 Å². The topological polar surface area (TPSA) is 60.9 Å². The van der Waals surface area contributed by atoms with E-state index in [0.717, 1.165) is 25.8 Å². The molecule has 0 aromatic rings. The second-order valence-corrected chi connectivity index (χ2v) is 5.13. The van der Waals surface area contributed by atoms with E-state index < -0.39 is 5.97 Å². The van der Waals surface area contributed by atoms with E-state index in [4.69, 9.17) is 5.11 Å². The molecule has 0 spiro atoms. The van der Waals surface area contributed by atoms with E-state index in [0.29, 0.717) is 13.1 Å². The first-order valence-corrected chi connectivity index (χ1v) is 6.51. The van der Waals surface area contributed by atoms with Crippen molar-refractivity contribution >= 4 is 12.0 Å². The summed E-state index contributed by atoms with van der Waals surface area (Å²) in [7, 11) is 0. The van der Waals surface area contributed by atoms with Gasteiger partial charge < -0.3 is 14.9 Å². The van der Waals surface area contributed by atoms with Gasteiger partial charge in [-0.2, -0.15) is 0 Å². The van der Waals surface area contributed by atoms with Gasteiger partial charge in [0.2, 0.25) is 0 Å². The van der Waals surface area contributed by atoms with Gasteiger partial charge in [0, 0.05) is 25.7 Å². The van der Waals surface area contributed by atoms with Gasteiger partial charge in [-0.3, -0.25) is 4.79 Å². The van der Waals surface area contributed by atoms with Gasteiger partial charge in [-0.05, 0) is 26.2 Å². The lowest BCUT2D eigenvalue weighted by Gasteiger charge is -2.33. The van der Waals surface area contributed by atoms with Crippen LogP contribution in [0, 0.1) is 0 Å². The molecule has 1 fully saturated rings. The molecule has 0 aromatic carbocycles. The Morgan fingerprint density at radius 2 is 2.22 bits per heavy atom. The monoisotopic (exact) mass is 252 g/mol. The second kappa shape index (κ2) is 5.42. The predicted octanol–water partition coefficient (Wildman–Crippen LogP) is 1.70. The van der Waals surface area contributed by atoms with E-state index in [1.54, 1.807) is 4.90 Å². The first-order chi connectivity index (χ1) is 8.58. The fourth-order valence-corrected chi connectivity index (χ4v) is 2.76. The molecular weight excluding hydrogens is 232 g/mol. The van der Waals surface area contributed by atoms with E-state index in [1.807, 2.05) is 11.8 Å². The summed E-state index contributed by atoms with van der Waals surface area (Å²) in [5, 5.41) is 8.87. The van der Waals surface area contributed by atoms with Crippen LogP contribution in [-0.2, 0) is 4.79 Å². The number of likely N-dealkylation sites (tertiary alicyclic amines) is 1. The lowest BCUT2D eigenvalue weighted by molar-refractivity contribution is -0.138. The van der Waals surface area contributed by atoms with Crippen LogP contribution in [0.5, 0.6) is 0 Å². The number of carboxylic acids is 1. The maximum atomic E-state index is 12.4. The molecule has 0 aliphatic carbocycles. The highest BCUT2D eigenvalue weighted by atomic mass is 16.4. The first-order valence-electron chi connectivity index (χ1n) is 6.51. The molecule has 2 rings (SSSR count). The van der Waals surface area contributed by atoms with E-state index >= 15 is 0 Å². The second-order valence-electron chi connectivity index (χ2n) is 5.13. The number of carbonyl (C=O) groups is 2. The molecule has 2 amide bonds. The average Bonchev–Trinajstić information content (AvgIpc) is 2.75. The van der Waals surface area contributed by atoms with E-state index in [-0.39, 0.29) is 18.5 Å². The number of rotatable bonds is 2. The molecule has 5 nitrogen and oxygen atoms in total. The lowest BCUT2D eigenvalue weighted by atomic mass is 10.1. The number of hydrogen-bond acceptors (Lipinski definition) is 2. The molecule has 5 heteroatoms. The number of aliphatic carboxylic acids is 1. The number of amides is 2. The zero-order chi connectivity index (χ0) is 13.1. The summed E-state index contributed by atoms with van der Waals surface area (Å²) in [5.41, 5.74) is 1.21. The highest BCUT2D eigenvalue weighted by Gasteiger charge is 2.33. The highest BCUT2D eigenvalue weighted by molar-refractivity contribution is 5.77. The van der Waals surface area contributed by atoms with Crippen molar-refractivity contribution < 1.29 is 14.7 Å². The van der Waals surface area contributed by atoms with E-state index in [1.165, 1.54) is 5.57 Å². The smallest absolute Gasteiger partial charge is 0.320 e. The van der Waals surface area contributed by atoms with Gasteiger partial charge in [-0.15, -0.1) is 0 Å². The largest absolute Gasteiger partial charge is 0.481 e. The molecule has 0 aromatic heterocycles. The fraction of sp³-hybridized carbons (Fsp3) is 0.692. The standard InChI is InChI=1S/C13H20N2O3/c1-10-4-2-6-14(9-10)13(18)15-7-3-5-11(15)8-12(16)17/h4,11H,2-3,5-9H2,1H3,(H,16,17). The minimum Gasteiger partial charge on any atom is -0.481 e. The van der Waals surface area contributed by atoms with Gasteiger partial charge >= 0.3 is 12.0 Å². The van der Waals surface area contributed by atoms with Crippen molar-refractivity contribution in [1.82, 2.24) is 9.80 Å². The molecule has 1 N–H and O–H groups in total. The minimum absolute atomic E-state index is 0.00574. The Morgan fingerprint density at radius 1 is 1.44 bits per heavy atom. The third-order valence-corrected chi connectivity index (χ3v) is 3.64. The van der Waals surface area contributed by atoms with Crippen LogP contribution in [0.2, 0.25) is 0 Å². The van der Waals surface area contributed by atoms with Crippen LogP contribution in [0.4, 0.5) is 4.79 Å². The zero-order valence-corrected chi connectivity index (χ0v) is 10.8. The maximum absolute atomic E-state index is 12.4. The maximum Gasteiger partial charge on any atom is 0.320 e. The molecule has 2 aliphatic rings. The van der Waals surface area contributed by atoms with Crippen molar-refractivity contribution in [3.63, 3.8) is 0 Å². The summed E-state index contributed by atoms with van der Waals surface area (Å²) >= 11 is 0. The van der Waals surface area contributed by atoms with Crippen LogP contribution in [0.1, 0.15) is 32.6 Å². The Morgan fingerprint density at radius 3 is 2.89 bits per heavy atom. The van der Waals surface area contributed by atoms with Crippen LogP contribution < -0.4 is 0 Å². The minimum atomic E-state index is -0.825. The molecule has 100 valence electrons. The number of carboxylic acid groups (broad SMARTS) is 1. The Labute approximate surface area is 107 Å². The molecule has 0 radical (unpaired) electrons. The Balaban J connectivity index is 1.99. The SMILES string of the molecule is CC1=CCCN(C(=O)N2CCCC2CC(=O)O)C1. The lowest BCUT2D eigenvalue weighted by Crippen LogP contribution is -2.47. The van der Waals surface area contributed by atoms with Gasteiger partial charge in [-0.1, -0.05) is 11.6 Å². The fourth-order valence-electron chi connectivity index (χ4n) is 2.76. The van der Waals surface area contributed by atoms with Gasteiger partial charge in [0.05, 0.1) is 6.42 Å². The van der Waals surface area contributed by atoms with Crippen LogP contribution in [0.25, 0.3) is 0 Å². The van der Waals surface area contributed by atoms with E-state index in [2.05, 4.69) is 6.08 Å². The van der Waals surface area contributed by atoms with Gasteiger partial charge in [0.25, 0.3) is 0 Å². The van der Waals surface area contributed by atoms with Crippen LogP contribution in [0.15, 0.2) is 11.6 Å². The molecule has 1 saturated heterocycles. The highest BCUT2D eigenvalue weighted by Crippen LogP contribution is 2.23. The summed E-state index contributed by atoms with van der Waals surface area (Å²) < 4.78 is 0. The van der Waals surface area contributed by atoms with Crippen molar-refractivity contribution in [3.8, 4) is 0 Å². The molecule has 1 atom stereocenters. The van der Waals surface area contributed by atoms with Crippen LogP contribution >= 0.6 is 0 Å². The number of hydrogen-bond donors (Lipinski definition) is 1. The summed E-state index contributed by atoms with van der Waals surface area (Å²) in [6.45, 7) is 4.13. The van der Waals surface area contributed by atoms with Gasteiger partial charge in [0.15, 0.2) is 0 Å². The quantitative estimate of drug-likeness (QED) is 0.761. The number of nitrogens with zero attached hydrogens (tertiary/aromatic N) is 2. The first kappa shape index (κ1) is 12.9. The zero-order valence-electron chi connectivity index (χ0n) is 10.8. The Bertz CT molecular complexity index is 378. The van der Waals surface area contributed by atoms with E-state index in [9.17, 15) is 9.59 Å². The third-order valence-electron chi connectivity index (χ3n) is 3.64. The van der Waals surface area contributed by atoms with Crippen LogP contribution in [-0.4, -0.2) is 52.6 Å². The molecule has 0 saturated carbocycles. The molecule has 2 aliphatic heterocycles. The number of carbonyl (C=O) groups excluding carboxylic acids is 1.